The molecule has 0 unspecified atom stereocenters. The number of nitrogens with two attached hydrogens (primary N) is 1. The van der Waals surface area contributed by atoms with Crippen LogP contribution in [0.5, 0.6) is 0 Å². The molecule has 2 heterocycles. The van der Waals surface area contributed by atoms with Gasteiger partial charge in [-0.25, -0.2) is 9.97 Å². The van der Waals surface area contributed by atoms with Crippen LogP contribution in [0.2, 0.25) is 0 Å². The van der Waals surface area contributed by atoms with E-state index in [0.717, 1.165) is 12.8 Å². The number of imidazole rings is 1. The number of fused-ring (bicyclic) bond motifs is 1. The average Bonchev–Trinajstić information content (AvgIpc) is 3.09. The monoisotopic (exact) mass is 437 g/mol. The second-order valence-corrected chi connectivity index (χ2v) is 7.33. The summed E-state index contributed by atoms with van der Waals surface area (Å²) in [6.07, 6.45) is 3.34. The van der Waals surface area contributed by atoms with E-state index in [0.29, 0.717) is 47.6 Å². The van der Waals surface area contributed by atoms with Gasteiger partial charge in [-0.15, -0.1) is 0 Å². The van der Waals surface area contributed by atoms with Gasteiger partial charge < -0.3 is 16.4 Å². The summed E-state index contributed by atoms with van der Waals surface area (Å²) >= 11 is 0. The number of hydrogen-bond acceptors (Lipinski definition) is 6. The number of hydrogen-bond donors (Lipinski definition) is 4. The minimum atomic E-state index is -0.383. The van der Waals surface area contributed by atoms with Gasteiger partial charge in [0.05, 0.1) is 5.56 Å². The van der Waals surface area contributed by atoms with Gasteiger partial charge in [-0.05, 0) is 30.7 Å². The molecule has 2 aromatic heterocycles. The molecule has 10 heteroatoms. The van der Waals surface area contributed by atoms with Gasteiger partial charge in [0.15, 0.2) is 5.65 Å². The number of rotatable bonds is 9. The molecule has 0 aliphatic rings. The van der Waals surface area contributed by atoms with Crippen LogP contribution in [0.25, 0.3) is 11.2 Å². The molecule has 32 heavy (non-hydrogen) atoms. The lowest BCUT2D eigenvalue weighted by molar-refractivity contribution is -0.118. The molecule has 0 atom stereocenters. The van der Waals surface area contributed by atoms with Gasteiger partial charge in [0.2, 0.25) is 11.9 Å². The molecule has 3 aromatic rings. The summed E-state index contributed by atoms with van der Waals surface area (Å²) < 4.78 is 1.69. The second kappa shape index (κ2) is 10.4. The van der Waals surface area contributed by atoms with Crippen LogP contribution in [0.3, 0.4) is 0 Å². The number of benzene rings is 1. The molecule has 5 N–H and O–H groups in total. The molecular formula is C22H27N7O3. The third-order valence-electron chi connectivity index (χ3n) is 4.75. The summed E-state index contributed by atoms with van der Waals surface area (Å²) in [7, 11) is 0. The Kier molecular flexibility index (Phi) is 7.37. The fourth-order valence-electron chi connectivity index (χ4n) is 3.12. The highest BCUT2D eigenvalue weighted by Gasteiger charge is 2.17. The van der Waals surface area contributed by atoms with Gasteiger partial charge in [0, 0.05) is 44.0 Å². The second-order valence-electron chi connectivity index (χ2n) is 7.33. The van der Waals surface area contributed by atoms with Crippen molar-refractivity contribution in [2.24, 2.45) is 0 Å². The van der Waals surface area contributed by atoms with E-state index in [2.05, 4.69) is 25.9 Å². The van der Waals surface area contributed by atoms with Crippen LogP contribution in [0, 0.1) is 0 Å². The maximum atomic E-state index is 12.7. The largest absolute Gasteiger partial charge is 0.399 e. The van der Waals surface area contributed by atoms with Crippen molar-refractivity contribution in [1.82, 2.24) is 25.2 Å². The van der Waals surface area contributed by atoms with Crippen molar-refractivity contribution < 1.29 is 14.4 Å². The minimum absolute atomic E-state index is 0.168. The molecule has 0 spiro atoms. The van der Waals surface area contributed by atoms with Crippen molar-refractivity contribution >= 4 is 40.5 Å². The molecule has 0 fully saturated rings. The topological polar surface area (TPSA) is 144 Å². The number of anilines is 2. The maximum Gasteiger partial charge on any atom is 0.258 e. The van der Waals surface area contributed by atoms with Crippen molar-refractivity contribution in [2.45, 2.75) is 33.2 Å². The Balaban J connectivity index is 1.90. The van der Waals surface area contributed by atoms with Crippen molar-refractivity contribution in [1.29, 1.82) is 0 Å². The molecule has 0 radical (unpaired) electrons. The normalized spacial score (nSPS) is 10.7. The number of amides is 3. The lowest BCUT2D eigenvalue weighted by Gasteiger charge is -2.10. The average molecular weight is 438 g/mol. The first-order valence-electron chi connectivity index (χ1n) is 10.4. The lowest BCUT2D eigenvalue weighted by Crippen LogP contribution is -2.26. The van der Waals surface area contributed by atoms with Crippen LogP contribution in [-0.2, 0) is 11.3 Å². The number of carbonyl (C=O) groups is 3. The van der Waals surface area contributed by atoms with Crippen LogP contribution in [0.1, 0.15) is 47.4 Å². The Bertz CT molecular complexity index is 1140. The van der Waals surface area contributed by atoms with Crippen LogP contribution < -0.4 is 21.7 Å². The highest BCUT2D eigenvalue weighted by Crippen LogP contribution is 2.20. The Morgan fingerprint density at radius 2 is 1.88 bits per heavy atom. The van der Waals surface area contributed by atoms with Crippen molar-refractivity contribution in [3.63, 3.8) is 0 Å². The molecule has 3 amide bonds. The number of nitrogen functional groups attached to an aromatic ring is 1. The Morgan fingerprint density at radius 1 is 1.06 bits per heavy atom. The zero-order valence-corrected chi connectivity index (χ0v) is 18.1. The molecule has 0 aliphatic carbocycles. The van der Waals surface area contributed by atoms with Gasteiger partial charge in [-0.1, -0.05) is 19.4 Å². The first kappa shape index (κ1) is 22.7. The van der Waals surface area contributed by atoms with Crippen LogP contribution in [0.4, 0.5) is 11.6 Å². The molecule has 0 saturated heterocycles. The summed E-state index contributed by atoms with van der Waals surface area (Å²) in [6, 6.07) is 8.23. The fourth-order valence-corrected chi connectivity index (χ4v) is 3.12. The summed E-state index contributed by atoms with van der Waals surface area (Å²) in [5.41, 5.74) is 7.96. The van der Waals surface area contributed by atoms with Gasteiger partial charge >= 0.3 is 0 Å². The van der Waals surface area contributed by atoms with Gasteiger partial charge in [-0.2, -0.15) is 0 Å². The van der Waals surface area contributed by atoms with Gasteiger partial charge in [0.25, 0.3) is 11.8 Å². The quantitative estimate of drug-likeness (QED) is 0.297. The minimum Gasteiger partial charge on any atom is -0.399 e. The van der Waals surface area contributed by atoms with Gasteiger partial charge in [0.1, 0.15) is 5.52 Å². The lowest BCUT2D eigenvalue weighted by atomic mass is 10.2. The molecule has 0 saturated carbocycles. The molecule has 1 aromatic carbocycles. The molecule has 3 rings (SSSR count). The smallest absolute Gasteiger partial charge is 0.258 e. The van der Waals surface area contributed by atoms with E-state index >= 15 is 0 Å². The zero-order chi connectivity index (χ0) is 23.1. The Labute approximate surface area is 185 Å². The van der Waals surface area contributed by atoms with Crippen molar-refractivity contribution in [3.8, 4) is 0 Å². The van der Waals surface area contributed by atoms with Crippen LogP contribution >= 0.6 is 0 Å². The number of aromatic nitrogens is 3. The van der Waals surface area contributed by atoms with E-state index in [1.54, 1.807) is 34.9 Å². The van der Waals surface area contributed by atoms with E-state index in [-0.39, 0.29) is 23.7 Å². The number of nitrogens with one attached hydrogen (secondary N) is 3. The Morgan fingerprint density at radius 3 is 2.59 bits per heavy atom. The number of carbonyl (C=O) groups excluding carboxylic acids is 3. The van der Waals surface area contributed by atoms with Gasteiger partial charge in [-0.3, -0.25) is 24.3 Å². The summed E-state index contributed by atoms with van der Waals surface area (Å²) in [6.45, 7) is 4.71. The predicted molar refractivity (Wildman–Crippen MR) is 122 cm³/mol. The van der Waals surface area contributed by atoms with E-state index in [4.69, 9.17) is 5.73 Å². The zero-order valence-electron chi connectivity index (χ0n) is 18.1. The van der Waals surface area contributed by atoms with Crippen LogP contribution in [0.15, 0.2) is 36.5 Å². The fraction of sp³-hybridized carbons (Fsp3) is 0.318. The SMILES string of the molecule is CCCCNC(=O)c1cnc2c(c1)nc(NC(=O)c1cccc(N)c1)n2CCNC(C)=O. The molecule has 10 nitrogen and oxygen atoms in total. The van der Waals surface area contributed by atoms with E-state index in [1.165, 1.54) is 13.1 Å². The first-order valence-corrected chi connectivity index (χ1v) is 10.4. The number of pyridine rings is 1. The first-order chi connectivity index (χ1) is 15.4. The third-order valence-corrected chi connectivity index (χ3v) is 4.75. The Hall–Kier alpha value is -3.95. The molecule has 0 aliphatic heterocycles. The molecule has 0 bridgehead atoms. The highest BCUT2D eigenvalue weighted by atomic mass is 16.2. The van der Waals surface area contributed by atoms with E-state index < -0.39 is 0 Å². The predicted octanol–water partition coefficient (Wildman–Crippen LogP) is 1.93. The number of nitrogens with zero attached hydrogens (tertiary/aromatic N) is 3. The maximum absolute atomic E-state index is 12.7. The van der Waals surface area contributed by atoms with Crippen LogP contribution in [-0.4, -0.2) is 45.3 Å². The summed E-state index contributed by atoms with van der Waals surface area (Å²) in [5, 5.41) is 8.34. The van der Waals surface area contributed by atoms with Crippen molar-refractivity contribution in [2.75, 3.05) is 24.1 Å². The standard InChI is InChI=1S/C22H27N7O3/c1-3-4-8-25-20(31)16-12-18-19(26-13-16)29(10-9-24-14(2)30)22(27-18)28-21(32)15-6-5-7-17(23)11-15/h5-7,11-13H,3-4,8-10,23H2,1-2H3,(H,24,30)(H,25,31)(H,27,28,32). The third kappa shape index (κ3) is 5.60. The number of unbranched alkanes of at least 4 members (excludes halogenated alkanes) is 1. The van der Waals surface area contributed by atoms with Crippen molar-refractivity contribution in [3.05, 3.63) is 47.7 Å². The van der Waals surface area contributed by atoms with E-state index in [9.17, 15) is 14.4 Å². The molecule has 168 valence electrons. The van der Waals surface area contributed by atoms with E-state index in [1.807, 2.05) is 6.92 Å². The summed E-state index contributed by atoms with van der Waals surface area (Å²) in [5.74, 6) is -0.524. The summed E-state index contributed by atoms with van der Waals surface area (Å²) in [4.78, 5) is 45.3. The highest BCUT2D eigenvalue weighted by molar-refractivity contribution is 6.04. The molecular weight excluding hydrogens is 410 g/mol.